The molecule has 1 heterocycles. The second-order valence-corrected chi connectivity index (χ2v) is 6.87. The van der Waals surface area contributed by atoms with Crippen LogP contribution in [-0.4, -0.2) is 29.8 Å². The lowest BCUT2D eigenvalue weighted by molar-refractivity contribution is 0.406. The van der Waals surface area contributed by atoms with Gasteiger partial charge in [0, 0.05) is 12.0 Å². The van der Waals surface area contributed by atoms with E-state index in [0.29, 0.717) is 5.92 Å². The summed E-state index contributed by atoms with van der Waals surface area (Å²) in [6.45, 7) is 8.94. The van der Waals surface area contributed by atoms with Gasteiger partial charge in [-0.25, -0.2) is 0 Å². The number of fused-ring (bicyclic) bond motifs is 1. The van der Waals surface area contributed by atoms with Crippen molar-refractivity contribution < 1.29 is 0 Å². The molecule has 0 bridgehead atoms. The van der Waals surface area contributed by atoms with Gasteiger partial charge in [0.2, 0.25) is 0 Å². The van der Waals surface area contributed by atoms with Crippen molar-refractivity contribution in [1.29, 1.82) is 0 Å². The summed E-state index contributed by atoms with van der Waals surface area (Å²) in [7, 11) is 1.86. The summed E-state index contributed by atoms with van der Waals surface area (Å²) in [5.41, 5.74) is 3.71. The van der Waals surface area contributed by atoms with Gasteiger partial charge >= 0.3 is 0 Å². The maximum atomic E-state index is 4.96. The highest BCUT2D eigenvalue weighted by Gasteiger charge is 2.33. The van der Waals surface area contributed by atoms with Crippen LogP contribution in [0.15, 0.2) is 32.6 Å². The summed E-state index contributed by atoms with van der Waals surface area (Å²) in [5, 5.41) is 0. The highest BCUT2D eigenvalue weighted by molar-refractivity contribution is 8.04. The Labute approximate surface area is 114 Å². The smallest absolute Gasteiger partial charge is 0.0752 e. The number of allylic oxidation sites excluding steroid dienone is 4. The molecule has 0 spiro atoms. The normalized spacial score (nSPS) is 28.4. The summed E-state index contributed by atoms with van der Waals surface area (Å²) in [6.07, 6.45) is 5.49. The molecule has 0 N–H and O–H groups in total. The first-order valence-electron chi connectivity index (χ1n) is 6.60. The minimum Gasteiger partial charge on any atom is -0.289 e. The van der Waals surface area contributed by atoms with E-state index < -0.39 is 0 Å². The predicted molar refractivity (Wildman–Crippen MR) is 83.0 cm³/mol. The van der Waals surface area contributed by atoms with E-state index in [-0.39, 0.29) is 5.54 Å². The van der Waals surface area contributed by atoms with E-state index in [4.69, 9.17) is 4.99 Å². The molecule has 1 aliphatic heterocycles. The second-order valence-electron chi connectivity index (χ2n) is 5.57. The van der Waals surface area contributed by atoms with E-state index in [2.05, 4.69) is 44.8 Å². The van der Waals surface area contributed by atoms with Crippen molar-refractivity contribution in [2.24, 2.45) is 15.9 Å². The van der Waals surface area contributed by atoms with Crippen LogP contribution in [0.1, 0.15) is 34.1 Å². The van der Waals surface area contributed by atoms with Gasteiger partial charge in [-0.05, 0) is 49.7 Å². The molecule has 3 heteroatoms. The van der Waals surface area contributed by atoms with Gasteiger partial charge in [-0.1, -0.05) is 13.8 Å². The SMILES string of the molecule is CCSC1=CC(=NC)C=C2C1=NC(C)(C)CC2C. The van der Waals surface area contributed by atoms with Crippen molar-refractivity contribution in [1.82, 2.24) is 0 Å². The van der Waals surface area contributed by atoms with Gasteiger partial charge < -0.3 is 0 Å². The van der Waals surface area contributed by atoms with E-state index in [1.807, 2.05) is 18.8 Å². The van der Waals surface area contributed by atoms with Crippen LogP contribution in [0.3, 0.4) is 0 Å². The molecule has 0 saturated carbocycles. The maximum absolute atomic E-state index is 4.96. The molecule has 0 aromatic carbocycles. The van der Waals surface area contributed by atoms with Gasteiger partial charge in [0.1, 0.15) is 0 Å². The molecule has 1 unspecified atom stereocenters. The van der Waals surface area contributed by atoms with E-state index in [1.165, 1.54) is 16.2 Å². The molecule has 2 aliphatic rings. The molecule has 2 rings (SSSR count). The Balaban J connectivity index is 2.50. The third-order valence-corrected chi connectivity index (χ3v) is 4.31. The summed E-state index contributed by atoms with van der Waals surface area (Å²) in [5.74, 6) is 1.63. The van der Waals surface area contributed by atoms with Crippen LogP contribution in [0, 0.1) is 5.92 Å². The van der Waals surface area contributed by atoms with Crippen molar-refractivity contribution in [2.45, 2.75) is 39.7 Å². The van der Waals surface area contributed by atoms with Gasteiger partial charge in [0.15, 0.2) is 0 Å². The topological polar surface area (TPSA) is 24.7 Å². The number of aliphatic imine (C=N–C) groups is 2. The van der Waals surface area contributed by atoms with Crippen molar-refractivity contribution in [2.75, 3.05) is 12.8 Å². The molecule has 98 valence electrons. The van der Waals surface area contributed by atoms with Crippen LogP contribution in [0.25, 0.3) is 0 Å². The zero-order valence-electron chi connectivity index (χ0n) is 11.9. The summed E-state index contributed by atoms with van der Waals surface area (Å²) < 4.78 is 0. The molecule has 0 saturated heterocycles. The second kappa shape index (κ2) is 5.04. The van der Waals surface area contributed by atoms with Crippen LogP contribution < -0.4 is 0 Å². The highest BCUT2D eigenvalue weighted by Crippen LogP contribution is 2.38. The largest absolute Gasteiger partial charge is 0.289 e. The van der Waals surface area contributed by atoms with E-state index >= 15 is 0 Å². The fourth-order valence-electron chi connectivity index (χ4n) is 2.71. The zero-order valence-corrected chi connectivity index (χ0v) is 12.8. The van der Waals surface area contributed by atoms with Crippen molar-refractivity contribution in [3.63, 3.8) is 0 Å². The average molecular weight is 262 g/mol. The molecule has 0 radical (unpaired) electrons. The fraction of sp³-hybridized carbons (Fsp3) is 0.600. The Kier molecular flexibility index (Phi) is 3.81. The lowest BCUT2D eigenvalue weighted by Crippen LogP contribution is -2.33. The summed E-state index contributed by atoms with van der Waals surface area (Å²) >= 11 is 1.87. The van der Waals surface area contributed by atoms with Crippen LogP contribution >= 0.6 is 11.8 Å². The minimum atomic E-state index is 0.0559. The molecule has 0 fully saturated rings. The molecule has 2 nitrogen and oxygen atoms in total. The molecular formula is C15H22N2S. The Bertz CT molecular complexity index is 467. The monoisotopic (exact) mass is 262 g/mol. The predicted octanol–water partition coefficient (Wildman–Crippen LogP) is 3.89. The van der Waals surface area contributed by atoms with Crippen molar-refractivity contribution in [3.8, 4) is 0 Å². The molecule has 1 atom stereocenters. The zero-order chi connectivity index (χ0) is 13.3. The third-order valence-electron chi connectivity index (χ3n) is 3.40. The van der Waals surface area contributed by atoms with Crippen molar-refractivity contribution >= 4 is 23.2 Å². The Morgan fingerprint density at radius 2 is 2.17 bits per heavy atom. The molecule has 0 amide bonds. The number of hydrogen-bond acceptors (Lipinski definition) is 3. The Hall–Kier alpha value is -0.830. The number of hydrogen-bond donors (Lipinski definition) is 0. The molecule has 1 aliphatic carbocycles. The van der Waals surface area contributed by atoms with Gasteiger partial charge in [-0.3, -0.25) is 9.98 Å². The maximum Gasteiger partial charge on any atom is 0.0752 e. The molecule has 18 heavy (non-hydrogen) atoms. The van der Waals surface area contributed by atoms with Crippen LogP contribution in [-0.2, 0) is 0 Å². The minimum absolute atomic E-state index is 0.0559. The van der Waals surface area contributed by atoms with Gasteiger partial charge in [-0.15, -0.1) is 11.8 Å². The lowest BCUT2D eigenvalue weighted by atomic mass is 9.79. The van der Waals surface area contributed by atoms with E-state index in [1.54, 1.807) is 0 Å². The Morgan fingerprint density at radius 3 is 2.78 bits per heavy atom. The number of rotatable bonds is 2. The van der Waals surface area contributed by atoms with Crippen LogP contribution in [0.4, 0.5) is 0 Å². The molecule has 0 aromatic rings. The quantitative estimate of drug-likeness (QED) is 0.693. The lowest BCUT2D eigenvalue weighted by Gasteiger charge is -2.35. The third kappa shape index (κ3) is 2.61. The van der Waals surface area contributed by atoms with E-state index in [0.717, 1.165) is 17.9 Å². The van der Waals surface area contributed by atoms with Crippen LogP contribution in [0.5, 0.6) is 0 Å². The highest BCUT2D eigenvalue weighted by atomic mass is 32.2. The number of nitrogens with zero attached hydrogens (tertiary/aromatic N) is 2. The molecular weight excluding hydrogens is 240 g/mol. The van der Waals surface area contributed by atoms with Gasteiger partial charge in [0.25, 0.3) is 0 Å². The first kappa shape index (κ1) is 13.6. The van der Waals surface area contributed by atoms with Crippen molar-refractivity contribution in [3.05, 3.63) is 22.6 Å². The number of thioether (sulfide) groups is 1. The first-order chi connectivity index (χ1) is 8.46. The standard InChI is InChI=1S/C15H22N2S/c1-6-18-13-8-11(16-5)7-12-10(2)9-15(3,4)17-14(12)13/h7-8,10H,6,9H2,1-5H3. The summed E-state index contributed by atoms with van der Waals surface area (Å²) in [6, 6.07) is 0. The Morgan fingerprint density at radius 1 is 1.44 bits per heavy atom. The van der Waals surface area contributed by atoms with Gasteiger partial charge in [0.05, 0.1) is 17.0 Å². The van der Waals surface area contributed by atoms with E-state index in [9.17, 15) is 0 Å². The van der Waals surface area contributed by atoms with Crippen LogP contribution in [0.2, 0.25) is 0 Å². The fourth-order valence-corrected chi connectivity index (χ4v) is 3.53. The first-order valence-corrected chi connectivity index (χ1v) is 7.59. The molecule has 0 aromatic heterocycles. The summed E-state index contributed by atoms with van der Waals surface area (Å²) in [4.78, 5) is 10.6. The van der Waals surface area contributed by atoms with Gasteiger partial charge in [-0.2, -0.15) is 0 Å². The average Bonchev–Trinajstić information content (AvgIpc) is 2.29.